The fraction of sp³-hybridized carbons (Fsp3) is 0.588. The maximum atomic E-state index is 13.1. The van der Waals surface area contributed by atoms with Gasteiger partial charge < -0.3 is 11.1 Å². The third-order valence-corrected chi connectivity index (χ3v) is 4.69. The third kappa shape index (κ3) is 4.03. The second kappa shape index (κ2) is 7.03. The number of rotatable bonds is 5. The summed E-state index contributed by atoms with van der Waals surface area (Å²) in [6.45, 7) is 3.16. The highest BCUT2D eigenvalue weighted by molar-refractivity contribution is 5.83. The minimum atomic E-state index is -0.394. The normalized spacial score (nSPS) is 25.6. The summed E-state index contributed by atoms with van der Waals surface area (Å²) in [5.41, 5.74) is 6.38. The summed E-state index contributed by atoms with van der Waals surface area (Å²) in [6, 6.07) is 6.49. The second-order valence-electron chi connectivity index (χ2n) is 6.30. The maximum Gasteiger partial charge on any atom is 0.227 e. The van der Waals surface area contributed by atoms with Crippen molar-refractivity contribution in [3.05, 3.63) is 35.6 Å². The molecule has 0 aromatic heterocycles. The molecule has 2 rings (SSSR count). The highest BCUT2D eigenvalue weighted by Gasteiger charge is 2.39. The van der Waals surface area contributed by atoms with E-state index in [1.54, 1.807) is 6.07 Å². The lowest BCUT2D eigenvalue weighted by molar-refractivity contribution is -0.132. The van der Waals surface area contributed by atoms with Crippen LogP contribution in [0, 0.1) is 17.2 Å². The molecule has 3 N–H and O–H groups in total. The van der Waals surface area contributed by atoms with Crippen LogP contribution in [0.3, 0.4) is 0 Å². The zero-order chi connectivity index (χ0) is 15.3. The van der Waals surface area contributed by atoms with Crippen LogP contribution < -0.4 is 11.1 Å². The number of hydrogen-bond acceptors (Lipinski definition) is 2. The lowest BCUT2D eigenvalue weighted by Crippen LogP contribution is -2.48. The van der Waals surface area contributed by atoms with Crippen molar-refractivity contribution < 1.29 is 9.18 Å². The van der Waals surface area contributed by atoms with E-state index in [4.69, 9.17) is 5.73 Å². The average molecular weight is 292 g/mol. The van der Waals surface area contributed by atoms with Crippen molar-refractivity contribution in [3.63, 3.8) is 0 Å². The van der Waals surface area contributed by atoms with Gasteiger partial charge in [-0.05, 0) is 55.7 Å². The van der Waals surface area contributed by atoms with Gasteiger partial charge in [-0.15, -0.1) is 0 Å². The Balaban J connectivity index is 1.86. The summed E-state index contributed by atoms with van der Waals surface area (Å²) in [5, 5.41) is 2.99. The molecule has 0 bridgehead atoms. The van der Waals surface area contributed by atoms with Gasteiger partial charge in [-0.3, -0.25) is 4.79 Å². The molecular formula is C17H25FN2O. The summed E-state index contributed by atoms with van der Waals surface area (Å²) < 4.78 is 13.1. The first-order valence-electron chi connectivity index (χ1n) is 7.78. The SMILES string of the molecule is CC1CCC(CN)(C(=O)NCCc2cccc(F)c2)CC1. The molecule has 0 aliphatic heterocycles. The van der Waals surface area contributed by atoms with Gasteiger partial charge in [0.15, 0.2) is 0 Å². The van der Waals surface area contributed by atoms with Crippen molar-refractivity contribution in [2.75, 3.05) is 13.1 Å². The number of nitrogens with two attached hydrogens (primary N) is 1. The molecule has 1 fully saturated rings. The average Bonchev–Trinajstić information content (AvgIpc) is 2.48. The molecular weight excluding hydrogens is 267 g/mol. The summed E-state index contributed by atoms with van der Waals surface area (Å²) in [6.07, 6.45) is 4.51. The Morgan fingerprint density at radius 3 is 2.76 bits per heavy atom. The van der Waals surface area contributed by atoms with Crippen LogP contribution in [0.25, 0.3) is 0 Å². The van der Waals surface area contributed by atoms with E-state index >= 15 is 0 Å². The van der Waals surface area contributed by atoms with Crippen molar-refractivity contribution in [1.82, 2.24) is 5.32 Å². The molecule has 0 saturated heterocycles. The zero-order valence-electron chi connectivity index (χ0n) is 12.7. The number of benzene rings is 1. The van der Waals surface area contributed by atoms with E-state index in [0.717, 1.165) is 31.2 Å². The van der Waals surface area contributed by atoms with Crippen LogP contribution in [0.2, 0.25) is 0 Å². The predicted octanol–water partition coefficient (Wildman–Crippen LogP) is 2.64. The molecule has 1 aliphatic carbocycles. The summed E-state index contributed by atoms with van der Waals surface area (Å²) in [7, 11) is 0. The van der Waals surface area contributed by atoms with Crippen LogP contribution in [0.4, 0.5) is 4.39 Å². The van der Waals surface area contributed by atoms with Gasteiger partial charge in [0.1, 0.15) is 5.82 Å². The van der Waals surface area contributed by atoms with E-state index in [9.17, 15) is 9.18 Å². The Labute approximate surface area is 126 Å². The standard InChI is InChI=1S/C17H25FN2O/c1-13-5-8-17(12-19,9-6-13)16(21)20-10-7-14-3-2-4-15(18)11-14/h2-4,11,13H,5-10,12,19H2,1H3,(H,20,21). The van der Waals surface area contributed by atoms with E-state index in [1.807, 2.05) is 6.07 Å². The van der Waals surface area contributed by atoms with E-state index < -0.39 is 5.41 Å². The molecule has 3 nitrogen and oxygen atoms in total. The lowest BCUT2D eigenvalue weighted by Gasteiger charge is -2.37. The number of hydrogen-bond donors (Lipinski definition) is 2. The van der Waals surface area contributed by atoms with Crippen molar-refractivity contribution in [3.8, 4) is 0 Å². The van der Waals surface area contributed by atoms with Crippen molar-refractivity contribution >= 4 is 5.91 Å². The predicted molar refractivity (Wildman–Crippen MR) is 82.2 cm³/mol. The number of nitrogens with one attached hydrogen (secondary N) is 1. The highest BCUT2D eigenvalue weighted by Crippen LogP contribution is 2.38. The van der Waals surface area contributed by atoms with Crippen LogP contribution >= 0.6 is 0 Å². The van der Waals surface area contributed by atoms with Crippen molar-refractivity contribution in [1.29, 1.82) is 0 Å². The van der Waals surface area contributed by atoms with Crippen LogP contribution in [-0.2, 0) is 11.2 Å². The Hall–Kier alpha value is -1.42. The van der Waals surface area contributed by atoms with Gasteiger partial charge in [-0.25, -0.2) is 4.39 Å². The lowest BCUT2D eigenvalue weighted by atomic mass is 9.70. The maximum absolute atomic E-state index is 13.1. The van der Waals surface area contributed by atoms with E-state index in [1.165, 1.54) is 12.1 Å². The Morgan fingerprint density at radius 2 is 2.14 bits per heavy atom. The summed E-state index contributed by atoms with van der Waals surface area (Å²) in [4.78, 5) is 12.4. The molecule has 116 valence electrons. The van der Waals surface area contributed by atoms with Gasteiger partial charge in [-0.2, -0.15) is 0 Å². The molecule has 1 amide bonds. The van der Waals surface area contributed by atoms with Crippen molar-refractivity contribution in [2.24, 2.45) is 17.1 Å². The Bertz CT molecular complexity index is 481. The second-order valence-corrected chi connectivity index (χ2v) is 6.30. The smallest absolute Gasteiger partial charge is 0.227 e. The largest absolute Gasteiger partial charge is 0.355 e. The van der Waals surface area contributed by atoms with Gasteiger partial charge >= 0.3 is 0 Å². The molecule has 21 heavy (non-hydrogen) atoms. The van der Waals surface area contributed by atoms with E-state index in [-0.39, 0.29) is 11.7 Å². The number of amides is 1. The van der Waals surface area contributed by atoms with Crippen molar-refractivity contribution in [2.45, 2.75) is 39.0 Å². The third-order valence-electron chi connectivity index (χ3n) is 4.69. The quantitative estimate of drug-likeness (QED) is 0.876. The first kappa shape index (κ1) is 16.0. The monoisotopic (exact) mass is 292 g/mol. The minimum Gasteiger partial charge on any atom is -0.355 e. The van der Waals surface area contributed by atoms with Crippen LogP contribution in [0.1, 0.15) is 38.2 Å². The Morgan fingerprint density at radius 1 is 1.43 bits per heavy atom. The molecule has 1 aliphatic rings. The van der Waals surface area contributed by atoms with Gasteiger partial charge in [0, 0.05) is 13.1 Å². The van der Waals surface area contributed by atoms with Gasteiger partial charge in [0.2, 0.25) is 5.91 Å². The van der Waals surface area contributed by atoms with Crippen LogP contribution in [0.5, 0.6) is 0 Å². The number of carbonyl (C=O) groups excluding carboxylic acids is 1. The van der Waals surface area contributed by atoms with Crippen LogP contribution in [-0.4, -0.2) is 19.0 Å². The molecule has 1 saturated carbocycles. The van der Waals surface area contributed by atoms with Gasteiger partial charge in [0.05, 0.1) is 5.41 Å². The molecule has 4 heteroatoms. The van der Waals surface area contributed by atoms with E-state index in [2.05, 4.69) is 12.2 Å². The molecule has 0 spiro atoms. The highest BCUT2D eigenvalue weighted by atomic mass is 19.1. The molecule has 0 atom stereocenters. The van der Waals surface area contributed by atoms with Crippen LogP contribution in [0.15, 0.2) is 24.3 Å². The number of halogens is 1. The topological polar surface area (TPSA) is 55.1 Å². The molecule has 0 heterocycles. The Kier molecular flexibility index (Phi) is 5.34. The summed E-state index contributed by atoms with van der Waals surface area (Å²) >= 11 is 0. The fourth-order valence-electron chi connectivity index (χ4n) is 3.04. The first-order valence-corrected chi connectivity index (χ1v) is 7.78. The van der Waals surface area contributed by atoms with Gasteiger partial charge in [0.25, 0.3) is 0 Å². The van der Waals surface area contributed by atoms with Gasteiger partial charge in [-0.1, -0.05) is 19.1 Å². The fourth-order valence-corrected chi connectivity index (χ4v) is 3.04. The molecule has 0 unspecified atom stereocenters. The molecule has 1 aromatic carbocycles. The first-order chi connectivity index (χ1) is 10.1. The zero-order valence-corrected chi connectivity index (χ0v) is 12.7. The molecule has 1 aromatic rings. The molecule has 0 radical (unpaired) electrons. The minimum absolute atomic E-state index is 0.0632. The van der Waals surface area contributed by atoms with E-state index in [0.29, 0.717) is 25.4 Å². The summed E-state index contributed by atoms with van der Waals surface area (Å²) in [5.74, 6) is 0.511. The number of carbonyl (C=O) groups is 1.